The second-order valence-electron chi connectivity index (χ2n) is 6.47. The van der Waals surface area contributed by atoms with Crippen LogP contribution in [0.1, 0.15) is 10.4 Å². The van der Waals surface area contributed by atoms with E-state index in [2.05, 4.69) is 26.1 Å². The molecule has 0 bridgehead atoms. The molecule has 0 radical (unpaired) electrons. The molecule has 2 heterocycles. The van der Waals surface area contributed by atoms with Crippen molar-refractivity contribution in [3.05, 3.63) is 88.7 Å². The van der Waals surface area contributed by atoms with Gasteiger partial charge in [0.2, 0.25) is 0 Å². The first-order valence-electron chi connectivity index (χ1n) is 9.14. The summed E-state index contributed by atoms with van der Waals surface area (Å²) in [4.78, 5) is 21.7. The zero-order valence-electron chi connectivity index (χ0n) is 15.9. The van der Waals surface area contributed by atoms with Crippen molar-refractivity contribution >= 4 is 63.0 Å². The Morgan fingerprint density at radius 1 is 0.935 bits per heavy atom. The molecular weight excluding hydrogens is 453 g/mol. The van der Waals surface area contributed by atoms with Gasteiger partial charge in [-0.15, -0.1) is 0 Å². The smallest absolute Gasteiger partial charge is 0.270 e. The van der Waals surface area contributed by atoms with E-state index in [1.807, 2.05) is 36.4 Å². The summed E-state index contributed by atoms with van der Waals surface area (Å²) in [5.74, 6) is -0.361. The summed E-state index contributed by atoms with van der Waals surface area (Å²) in [6.45, 7) is 0. The standard InChI is InChI=1S/C22H15Cl2N5OS/c23-14-5-6-19(17(24)11-14)27-22(31)29-28-21(30)16-12-20(13-7-9-25-10-8-13)26-18-4-2-1-3-15(16)18/h1-12H,(H,28,30)(H2,27,29,31). The zero-order valence-corrected chi connectivity index (χ0v) is 18.2. The lowest BCUT2D eigenvalue weighted by Crippen LogP contribution is -2.43. The predicted octanol–water partition coefficient (Wildman–Crippen LogP) is 5.24. The fourth-order valence-corrected chi connectivity index (χ4v) is 3.58. The van der Waals surface area contributed by atoms with Gasteiger partial charge in [0, 0.05) is 28.4 Å². The molecule has 0 saturated carbocycles. The highest BCUT2D eigenvalue weighted by Gasteiger charge is 2.14. The van der Waals surface area contributed by atoms with E-state index in [9.17, 15) is 4.79 Å². The lowest BCUT2D eigenvalue weighted by Gasteiger charge is -2.14. The number of halogens is 2. The molecule has 6 nitrogen and oxygen atoms in total. The summed E-state index contributed by atoms with van der Waals surface area (Å²) < 4.78 is 0. The van der Waals surface area contributed by atoms with E-state index in [-0.39, 0.29) is 11.0 Å². The van der Waals surface area contributed by atoms with Crippen molar-refractivity contribution in [2.24, 2.45) is 0 Å². The van der Waals surface area contributed by atoms with Crippen molar-refractivity contribution in [1.82, 2.24) is 20.8 Å². The van der Waals surface area contributed by atoms with E-state index >= 15 is 0 Å². The number of carbonyl (C=O) groups is 1. The minimum absolute atomic E-state index is 0.172. The minimum atomic E-state index is -0.361. The number of hydrogen-bond acceptors (Lipinski definition) is 4. The Kier molecular flexibility index (Phi) is 6.27. The molecule has 0 aliphatic heterocycles. The Morgan fingerprint density at radius 2 is 1.71 bits per heavy atom. The summed E-state index contributed by atoms with van der Waals surface area (Å²) in [6, 6.07) is 17.8. The van der Waals surface area contributed by atoms with Crippen LogP contribution in [0.5, 0.6) is 0 Å². The maximum absolute atomic E-state index is 13.0. The van der Waals surface area contributed by atoms with Gasteiger partial charge in [-0.25, -0.2) is 4.98 Å². The van der Waals surface area contributed by atoms with E-state index < -0.39 is 0 Å². The van der Waals surface area contributed by atoms with E-state index in [0.29, 0.717) is 32.5 Å². The van der Waals surface area contributed by atoms with Crippen LogP contribution < -0.4 is 16.2 Å². The number of para-hydroxylation sites is 1. The third-order valence-electron chi connectivity index (χ3n) is 4.41. The van der Waals surface area contributed by atoms with Crippen LogP contribution in [0.15, 0.2) is 73.1 Å². The Balaban J connectivity index is 1.55. The number of hydrazine groups is 1. The molecule has 154 valence electrons. The highest BCUT2D eigenvalue weighted by Crippen LogP contribution is 2.26. The molecule has 3 N–H and O–H groups in total. The van der Waals surface area contributed by atoms with Crippen LogP contribution in [0.25, 0.3) is 22.2 Å². The molecule has 4 aromatic rings. The van der Waals surface area contributed by atoms with E-state index in [1.165, 1.54) is 0 Å². The van der Waals surface area contributed by atoms with Gasteiger partial charge in [-0.3, -0.25) is 20.6 Å². The zero-order chi connectivity index (χ0) is 21.8. The number of benzene rings is 2. The number of hydrogen-bond donors (Lipinski definition) is 3. The van der Waals surface area contributed by atoms with Crippen LogP contribution in [0.3, 0.4) is 0 Å². The van der Waals surface area contributed by atoms with Crippen LogP contribution >= 0.6 is 35.4 Å². The summed E-state index contributed by atoms with van der Waals surface area (Å²) in [6.07, 6.45) is 3.36. The van der Waals surface area contributed by atoms with Gasteiger partial charge < -0.3 is 5.32 Å². The molecule has 0 saturated heterocycles. The second-order valence-corrected chi connectivity index (χ2v) is 7.72. The first-order valence-corrected chi connectivity index (χ1v) is 10.3. The van der Waals surface area contributed by atoms with Gasteiger partial charge in [-0.2, -0.15) is 0 Å². The summed E-state index contributed by atoms with van der Waals surface area (Å²) in [5, 5.41) is 4.73. The number of carbonyl (C=O) groups excluding carboxylic acids is 1. The molecular formula is C22H15Cl2N5OS. The van der Waals surface area contributed by atoms with Gasteiger partial charge in [0.1, 0.15) is 0 Å². The van der Waals surface area contributed by atoms with Crippen molar-refractivity contribution in [3.63, 3.8) is 0 Å². The highest BCUT2D eigenvalue weighted by molar-refractivity contribution is 7.80. The molecule has 2 aromatic heterocycles. The summed E-state index contributed by atoms with van der Waals surface area (Å²) in [7, 11) is 0. The molecule has 2 aromatic carbocycles. The first-order chi connectivity index (χ1) is 15.0. The first kappa shape index (κ1) is 21.0. The topological polar surface area (TPSA) is 78.9 Å². The van der Waals surface area contributed by atoms with Crippen LogP contribution in [0.2, 0.25) is 10.0 Å². The minimum Gasteiger partial charge on any atom is -0.330 e. The van der Waals surface area contributed by atoms with Gasteiger partial charge in [0.15, 0.2) is 5.11 Å². The van der Waals surface area contributed by atoms with E-state index in [4.69, 9.17) is 35.4 Å². The van der Waals surface area contributed by atoms with Crippen LogP contribution in [0.4, 0.5) is 5.69 Å². The van der Waals surface area contributed by atoms with Crippen LogP contribution in [-0.2, 0) is 0 Å². The highest BCUT2D eigenvalue weighted by atomic mass is 35.5. The second kappa shape index (κ2) is 9.26. The van der Waals surface area contributed by atoms with Gasteiger partial charge >= 0.3 is 0 Å². The molecule has 0 unspecified atom stereocenters. The van der Waals surface area contributed by atoms with Gasteiger partial charge in [-0.1, -0.05) is 41.4 Å². The van der Waals surface area contributed by atoms with E-state index in [1.54, 1.807) is 36.7 Å². The fraction of sp³-hybridized carbons (Fsp3) is 0. The van der Waals surface area contributed by atoms with E-state index in [0.717, 1.165) is 10.9 Å². The Labute approximate surface area is 193 Å². The number of thiocarbonyl (C=S) groups is 1. The lowest BCUT2D eigenvalue weighted by atomic mass is 10.0. The number of amides is 1. The quantitative estimate of drug-likeness (QED) is 0.282. The average Bonchev–Trinajstić information content (AvgIpc) is 2.79. The number of nitrogens with zero attached hydrogens (tertiary/aromatic N) is 2. The monoisotopic (exact) mass is 467 g/mol. The summed E-state index contributed by atoms with van der Waals surface area (Å²) >= 11 is 17.3. The Morgan fingerprint density at radius 3 is 2.48 bits per heavy atom. The van der Waals surface area contributed by atoms with Crippen molar-refractivity contribution in [1.29, 1.82) is 0 Å². The van der Waals surface area contributed by atoms with Crippen molar-refractivity contribution in [3.8, 4) is 11.3 Å². The molecule has 4 rings (SSSR count). The number of aromatic nitrogens is 2. The van der Waals surface area contributed by atoms with Crippen molar-refractivity contribution < 1.29 is 4.79 Å². The molecule has 31 heavy (non-hydrogen) atoms. The molecule has 0 aliphatic carbocycles. The van der Waals surface area contributed by atoms with Gasteiger partial charge in [-0.05, 0) is 54.7 Å². The number of nitrogens with one attached hydrogen (secondary N) is 3. The maximum Gasteiger partial charge on any atom is 0.270 e. The number of pyridine rings is 2. The lowest BCUT2D eigenvalue weighted by molar-refractivity contribution is 0.0946. The third kappa shape index (κ3) is 4.91. The number of fused-ring (bicyclic) bond motifs is 1. The molecule has 9 heteroatoms. The van der Waals surface area contributed by atoms with Crippen LogP contribution in [-0.4, -0.2) is 21.0 Å². The third-order valence-corrected chi connectivity index (χ3v) is 5.16. The SMILES string of the molecule is O=C(NNC(=S)Nc1ccc(Cl)cc1Cl)c1cc(-c2ccncc2)nc2ccccc12. The normalized spacial score (nSPS) is 10.5. The molecule has 0 fully saturated rings. The van der Waals surface area contributed by atoms with Gasteiger partial charge in [0.05, 0.1) is 27.5 Å². The van der Waals surface area contributed by atoms with Crippen molar-refractivity contribution in [2.45, 2.75) is 0 Å². The predicted molar refractivity (Wildman–Crippen MR) is 128 cm³/mol. The molecule has 1 amide bonds. The largest absolute Gasteiger partial charge is 0.330 e. The maximum atomic E-state index is 13.0. The van der Waals surface area contributed by atoms with Crippen molar-refractivity contribution in [2.75, 3.05) is 5.32 Å². The van der Waals surface area contributed by atoms with Gasteiger partial charge in [0.25, 0.3) is 5.91 Å². The van der Waals surface area contributed by atoms with Crippen LogP contribution in [0, 0.1) is 0 Å². The number of rotatable bonds is 3. The molecule has 0 atom stereocenters. The Hall–Kier alpha value is -3.26. The molecule has 0 aliphatic rings. The average molecular weight is 468 g/mol. The molecule has 0 spiro atoms. The fourth-order valence-electron chi connectivity index (χ4n) is 2.96. The summed E-state index contributed by atoms with van der Waals surface area (Å²) in [5.41, 5.74) is 8.56. The number of anilines is 1. The Bertz CT molecular complexity index is 1280.